The van der Waals surface area contributed by atoms with Gasteiger partial charge in [-0.3, -0.25) is 4.90 Å². The molecule has 0 radical (unpaired) electrons. The largest absolute Gasteiger partial charge is 0.481 e. The van der Waals surface area contributed by atoms with Gasteiger partial charge in [0.25, 0.3) is 5.95 Å². The third-order valence-electron chi connectivity index (χ3n) is 6.57. The number of rotatable bonds is 22. The molecule has 0 aromatic rings. The minimum Gasteiger partial charge on any atom is -0.481 e. The molecule has 0 aromatic carbocycles. The zero-order valence-electron chi connectivity index (χ0n) is 31.5. The molecule has 0 rings (SSSR count). The van der Waals surface area contributed by atoms with Gasteiger partial charge < -0.3 is 20.4 Å². The summed E-state index contributed by atoms with van der Waals surface area (Å²) in [7, 11) is 4.19. The Balaban J connectivity index is -0.000000188. The van der Waals surface area contributed by atoms with E-state index in [1.54, 1.807) is 0 Å². The summed E-state index contributed by atoms with van der Waals surface area (Å²) in [6.45, 7) is 32.2. The lowest BCUT2D eigenvalue weighted by Crippen LogP contribution is -2.33. The van der Waals surface area contributed by atoms with Crippen molar-refractivity contribution in [2.24, 2.45) is 5.92 Å². The second-order valence-corrected chi connectivity index (χ2v) is 10.7. The van der Waals surface area contributed by atoms with Crippen LogP contribution in [0, 0.1) is 5.92 Å². The molecule has 260 valence electrons. The summed E-state index contributed by atoms with van der Waals surface area (Å²) >= 11 is 0. The van der Waals surface area contributed by atoms with E-state index in [-0.39, 0.29) is 5.92 Å². The Hall–Kier alpha value is -1.88. The van der Waals surface area contributed by atoms with Crippen LogP contribution in [0.25, 0.3) is 0 Å². The quantitative estimate of drug-likeness (QED) is 0.0492. The lowest BCUT2D eigenvalue weighted by Gasteiger charge is -2.28. The highest BCUT2D eigenvalue weighted by Crippen LogP contribution is 2.18. The molecule has 0 bridgehead atoms. The van der Waals surface area contributed by atoms with Gasteiger partial charge in [0.2, 0.25) is 0 Å². The summed E-state index contributed by atoms with van der Waals surface area (Å²) in [4.78, 5) is 4.47. The molecule has 1 atom stereocenters. The van der Waals surface area contributed by atoms with Gasteiger partial charge in [-0.05, 0) is 71.0 Å². The first-order valence-electron chi connectivity index (χ1n) is 17.8. The highest BCUT2D eigenvalue weighted by molar-refractivity contribution is 4.96. The maximum Gasteiger partial charge on any atom is 0.269 e. The second-order valence-electron chi connectivity index (χ2n) is 10.7. The topological polar surface area (TPSA) is 59.0 Å². The summed E-state index contributed by atoms with van der Waals surface area (Å²) in [5.41, 5.74) is 2.43. The molecule has 1 unspecified atom stereocenters. The molecule has 5 nitrogen and oxygen atoms in total. The summed E-state index contributed by atoms with van der Waals surface area (Å²) in [5, 5.41) is 21.0. The van der Waals surface area contributed by atoms with Crippen molar-refractivity contribution >= 4 is 0 Å². The van der Waals surface area contributed by atoms with Crippen molar-refractivity contribution in [2.75, 3.05) is 33.9 Å². The van der Waals surface area contributed by atoms with Crippen LogP contribution < -0.4 is 5.32 Å². The van der Waals surface area contributed by atoms with E-state index in [4.69, 9.17) is 10.2 Å². The van der Waals surface area contributed by atoms with Gasteiger partial charge in [0.15, 0.2) is 0 Å². The Labute approximate surface area is 272 Å². The highest BCUT2D eigenvalue weighted by Gasteiger charge is 2.09. The number of nitrogens with zero attached hydrogens (tertiary/aromatic N) is 2. The van der Waals surface area contributed by atoms with Gasteiger partial charge >= 0.3 is 0 Å². The Morgan fingerprint density at radius 1 is 0.791 bits per heavy atom. The molecular formula is C38H81N3O2. The predicted octanol–water partition coefficient (Wildman–Crippen LogP) is 12.2. The highest BCUT2D eigenvalue weighted by atomic mass is 16.5. The Bertz CT molecular complexity index is 596. The van der Waals surface area contributed by atoms with Gasteiger partial charge in [-0.1, -0.05) is 132 Å². The molecule has 43 heavy (non-hydrogen) atoms. The van der Waals surface area contributed by atoms with E-state index in [0.717, 1.165) is 44.7 Å². The first-order valence-corrected chi connectivity index (χ1v) is 17.8. The molecule has 0 aromatic heterocycles. The lowest BCUT2D eigenvalue weighted by molar-refractivity contribution is 0.188. The van der Waals surface area contributed by atoms with Crippen molar-refractivity contribution in [1.82, 2.24) is 15.1 Å². The average Bonchev–Trinajstić information content (AvgIpc) is 3.01. The summed E-state index contributed by atoms with van der Waals surface area (Å²) in [5.74, 6) is -0.377. The zero-order chi connectivity index (χ0) is 34.3. The third-order valence-corrected chi connectivity index (χ3v) is 6.57. The van der Waals surface area contributed by atoms with Crippen molar-refractivity contribution in [1.29, 1.82) is 0 Å². The minimum absolute atomic E-state index is 0.238. The van der Waals surface area contributed by atoms with Crippen LogP contribution in [0.2, 0.25) is 0 Å². The molecule has 0 aliphatic rings. The van der Waals surface area contributed by atoms with Gasteiger partial charge in [-0.2, -0.15) is 0 Å². The fraction of sp³-hybridized carbons (Fsp3) is 0.789. The average molecular weight is 612 g/mol. The summed E-state index contributed by atoms with van der Waals surface area (Å²) in [6, 6.07) is 0. The van der Waals surface area contributed by atoms with Crippen LogP contribution in [-0.2, 0) is 0 Å². The number of hydrogen-bond acceptors (Lipinski definition) is 5. The van der Waals surface area contributed by atoms with Crippen LogP contribution in [-0.4, -0.2) is 53.9 Å². The van der Waals surface area contributed by atoms with E-state index >= 15 is 0 Å². The first kappa shape index (κ1) is 50.7. The van der Waals surface area contributed by atoms with Gasteiger partial charge in [0, 0.05) is 25.0 Å². The molecule has 0 aliphatic heterocycles. The van der Waals surface area contributed by atoms with Crippen molar-refractivity contribution in [3.63, 3.8) is 0 Å². The number of aliphatic hydroxyl groups is 2. The molecular weight excluding hydrogens is 530 g/mol. The molecule has 0 spiro atoms. The van der Waals surface area contributed by atoms with E-state index in [0.29, 0.717) is 6.42 Å². The molecule has 0 amide bonds. The Morgan fingerprint density at radius 3 is 1.79 bits per heavy atom. The van der Waals surface area contributed by atoms with Crippen LogP contribution >= 0.6 is 0 Å². The third kappa shape index (κ3) is 47.3. The van der Waals surface area contributed by atoms with Gasteiger partial charge in [0.05, 0.1) is 6.67 Å². The Morgan fingerprint density at radius 2 is 1.33 bits per heavy atom. The molecule has 3 N–H and O–H groups in total. The van der Waals surface area contributed by atoms with E-state index in [2.05, 4.69) is 90.0 Å². The molecule has 0 heterocycles. The van der Waals surface area contributed by atoms with Crippen LogP contribution in [0.15, 0.2) is 48.7 Å². The van der Waals surface area contributed by atoms with Crippen molar-refractivity contribution in [3.8, 4) is 0 Å². The van der Waals surface area contributed by atoms with E-state index in [1.807, 2.05) is 33.8 Å². The Kier molecular flexibility index (Phi) is 52.6. The fourth-order valence-electron chi connectivity index (χ4n) is 3.66. The first-order chi connectivity index (χ1) is 20.6. The SMILES string of the molecule is C=CC(CC=C(O)O)CCC(=C)N(C)CN(C)CCCC.CC.CC.CC/C=C(\C)NCCCCCCCC.CCCC. The van der Waals surface area contributed by atoms with E-state index in [9.17, 15) is 0 Å². The van der Waals surface area contributed by atoms with Gasteiger partial charge in [0.1, 0.15) is 0 Å². The van der Waals surface area contributed by atoms with Crippen molar-refractivity contribution in [3.05, 3.63) is 48.7 Å². The number of aliphatic hydroxyl groups excluding tert-OH is 1. The molecule has 0 fully saturated rings. The number of hydrogen-bond donors (Lipinski definition) is 3. The number of allylic oxidation sites excluding steroid dienone is 5. The monoisotopic (exact) mass is 612 g/mol. The van der Waals surface area contributed by atoms with Crippen LogP contribution in [0.4, 0.5) is 0 Å². The van der Waals surface area contributed by atoms with Gasteiger partial charge in [-0.25, -0.2) is 0 Å². The predicted molar refractivity (Wildman–Crippen MR) is 199 cm³/mol. The summed E-state index contributed by atoms with van der Waals surface area (Å²) in [6.07, 6.45) is 22.4. The molecule has 0 saturated carbocycles. The number of nitrogens with one attached hydrogen (secondary N) is 1. The second kappa shape index (κ2) is 44.6. The van der Waals surface area contributed by atoms with Crippen molar-refractivity contribution in [2.45, 2.75) is 159 Å². The molecule has 5 heteroatoms. The summed E-state index contributed by atoms with van der Waals surface area (Å²) < 4.78 is 0. The smallest absolute Gasteiger partial charge is 0.269 e. The molecule has 0 aliphatic carbocycles. The van der Waals surface area contributed by atoms with E-state index in [1.165, 1.54) is 76.0 Å². The lowest BCUT2D eigenvalue weighted by atomic mass is 9.98. The molecule has 0 saturated heterocycles. The van der Waals surface area contributed by atoms with Crippen LogP contribution in [0.5, 0.6) is 0 Å². The van der Waals surface area contributed by atoms with Crippen LogP contribution in [0.1, 0.15) is 159 Å². The van der Waals surface area contributed by atoms with E-state index < -0.39 is 5.95 Å². The van der Waals surface area contributed by atoms with Crippen molar-refractivity contribution < 1.29 is 10.2 Å². The van der Waals surface area contributed by atoms with Crippen LogP contribution in [0.3, 0.4) is 0 Å². The maximum atomic E-state index is 8.78. The maximum absolute atomic E-state index is 8.78. The zero-order valence-corrected chi connectivity index (χ0v) is 31.5. The number of unbranched alkanes of at least 4 members (excludes halogenated alkanes) is 7. The normalized spacial score (nSPS) is 10.7. The fourth-order valence-corrected chi connectivity index (χ4v) is 3.66. The van der Waals surface area contributed by atoms with Gasteiger partial charge in [-0.15, -0.1) is 6.58 Å². The standard InChI is InChI=1S/C17H32N2O2.C13H27N.C4H10.2C2H6/c1-6-8-13-18(4)14-19(5)15(3)9-10-16(7-2)11-12-17(20)21;1-4-6-7-8-9-10-12-14-13(3)11-5-2;1-3-4-2;2*1-2/h7,12,16,20-21H,2-3,6,8-11,13-14H2,1,4-5H3;11,14H,4-10,12H2,1-3H3;3-4H2,1-2H3;2*1-2H3/b;13-11+;;;. The minimum atomic E-state index is -0.615.